The van der Waals surface area contributed by atoms with E-state index >= 15 is 0 Å². The van der Waals surface area contributed by atoms with Crippen LogP contribution in [-0.2, 0) is 29.0 Å². The Morgan fingerprint density at radius 3 is 2.88 bits per heavy atom. The minimum absolute atomic E-state index is 0.0136. The number of rotatable bonds is 4. The standard InChI is InChI=1S/C12H16N6OS.C2H4O2/c1-8-16-17-11(20-8)4-5-13-12(19)9-2-3-10-14-7-15-18(10)6-9;1-2(3)4/h7,9H,2-6H2,1H3,(H,13,19);1H3,(H,3,4). The lowest BCUT2D eigenvalue weighted by Gasteiger charge is -2.21. The van der Waals surface area contributed by atoms with Crippen molar-refractivity contribution in [1.82, 2.24) is 30.3 Å². The predicted molar refractivity (Wildman–Crippen MR) is 86.5 cm³/mol. The molecule has 0 aliphatic carbocycles. The zero-order valence-corrected chi connectivity index (χ0v) is 14.4. The van der Waals surface area contributed by atoms with E-state index in [1.807, 2.05) is 11.6 Å². The fraction of sp³-hybridized carbons (Fsp3) is 0.571. The van der Waals surface area contributed by atoms with Crippen LogP contribution >= 0.6 is 11.3 Å². The molecular formula is C14H20N6O3S. The Morgan fingerprint density at radius 2 is 2.21 bits per heavy atom. The summed E-state index contributed by atoms with van der Waals surface area (Å²) in [4.78, 5) is 25.3. The second-order valence-electron chi connectivity index (χ2n) is 5.37. The summed E-state index contributed by atoms with van der Waals surface area (Å²) in [6.07, 6.45) is 3.93. The van der Waals surface area contributed by atoms with Crippen molar-refractivity contribution < 1.29 is 14.7 Å². The number of fused-ring (bicyclic) bond motifs is 1. The van der Waals surface area contributed by atoms with Crippen LogP contribution in [0, 0.1) is 12.8 Å². The molecule has 1 aliphatic heterocycles. The van der Waals surface area contributed by atoms with Crippen LogP contribution in [0.4, 0.5) is 0 Å². The lowest BCUT2D eigenvalue weighted by atomic mass is 9.99. The van der Waals surface area contributed by atoms with Gasteiger partial charge in [0, 0.05) is 26.3 Å². The van der Waals surface area contributed by atoms with Crippen LogP contribution in [0.5, 0.6) is 0 Å². The molecule has 1 aliphatic rings. The molecule has 1 amide bonds. The number of hydrogen-bond acceptors (Lipinski definition) is 7. The van der Waals surface area contributed by atoms with Crippen molar-refractivity contribution in [2.75, 3.05) is 6.54 Å². The largest absolute Gasteiger partial charge is 0.481 e. The van der Waals surface area contributed by atoms with Crippen molar-refractivity contribution >= 4 is 23.2 Å². The molecule has 0 bridgehead atoms. The molecule has 10 heteroatoms. The third-order valence-corrected chi connectivity index (χ3v) is 4.28. The summed E-state index contributed by atoms with van der Waals surface area (Å²) in [5, 5.41) is 24.4. The summed E-state index contributed by atoms with van der Waals surface area (Å²) in [7, 11) is 0. The molecule has 1 atom stereocenters. The highest BCUT2D eigenvalue weighted by atomic mass is 32.1. The molecule has 0 saturated carbocycles. The average molecular weight is 352 g/mol. The molecule has 9 nitrogen and oxygen atoms in total. The van der Waals surface area contributed by atoms with Crippen molar-refractivity contribution in [3.05, 3.63) is 22.2 Å². The van der Waals surface area contributed by atoms with Gasteiger partial charge in [-0.3, -0.25) is 9.59 Å². The number of aromatic nitrogens is 5. The summed E-state index contributed by atoms with van der Waals surface area (Å²) in [6.45, 7) is 4.24. The maximum atomic E-state index is 12.1. The Labute approximate surface area is 143 Å². The van der Waals surface area contributed by atoms with Crippen LogP contribution in [-0.4, -0.2) is 48.5 Å². The maximum absolute atomic E-state index is 12.1. The van der Waals surface area contributed by atoms with Crippen molar-refractivity contribution in [3.63, 3.8) is 0 Å². The van der Waals surface area contributed by atoms with Crippen molar-refractivity contribution in [3.8, 4) is 0 Å². The SMILES string of the molecule is CC(=O)O.Cc1nnc(CCNC(=O)C2CCc3ncnn3C2)s1. The predicted octanol–water partition coefficient (Wildman–Crippen LogP) is 0.450. The molecule has 3 rings (SSSR count). The van der Waals surface area contributed by atoms with Gasteiger partial charge in [0.1, 0.15) is 22.2 Å². The van der Waals surface area contributed by atoms with E-state index in [0.29, 0.717) is 13.1 Å². The number of hydrogen-bond donors (Lipinski definition) is 2. The first-order chi connectivity index (χ1) is 11.5. The van der Waals surface area contributed by atoms with E-state index in [0.717, 1.165) is 42.0 Å². The highest BCUT2D eigenvalue weighted by Crippen LogP contribution is 2.17. The number of nitrogens with zero attached hydrogens (tertiary/aromatic N) is 5. The van der Waals surface area contributed by atoms with E-state index in [4.69, 9.17) is 9.90 Å². The first kappa shape index (κ1) is 18.0. The molecule has 0 saturated heterocycles. The number of carboxylic acid groups (broad SMARTS) is 1. The fourth-order valence-corrected chi connectivity index (χ4v) is 3.04. The van der Waals surface area contributed by atoms with Gasteiger partial charge in [-0.05, 0) is 13.3 Å². The quantitative estimate of drug-likeness (QED) is 0.819. The van der Waals surface area contributed by atoms with Crippen LogP contribution in [0.25, 0.3) is 0 Å². The molecule has 2 aromatic heterocycles. The molecule has 3 heterocycles. The van der Waals surface area contributed by atoms with Gasteiger partial charge >= 0.3 is 0 Å². The van der Waals surface area contributed by atoms with Crippen LogP contribution in [0.15, 0.2) is 6.33 Å². The van der Waals surface area contributed by atoms with Crippen molar-refractivity contribution in [2.24, 2.45) is 5.92 Å². The number of amides is 1. The van der Waals surface area contributed by atoms with Crippen LogP contribution in [0.3, 0.4) is 0 Å². The van der Waals surface area contributed by atoms with Crippen LogP contribution < -0.4 is 5.32 Å². The Kier molecular flexibility index (Phi) is 6.36. The third kappa shape index (κ3) is 5.37. The number of aryl methyl sites for hydroxylation is 2. The normalized spacial score (nSPS) is 15.8. The summed E-state index contributed by atoms with van der Waals surface area (Å²) < 4.78 is 1.82. The third-order valence-electron chi connectivity index (χ3n) is 3.38. The summed E-state index contributed by atoms with van der Waals surface area (Å²) in [6, 6.07) is 0. The van der Waals surface area contributed by atoms with E-state index < -0.39 is 5.97 Å². The van der Waals surface area contributed by atoms with Gasteiger partial charge in [-0.2, -0.15) is 5.10 Å². The van der Waals surface area contributed by atoms with Crippen LogP contribution in [0.2, 0.25) is 0 Å². The first-order valence-corrected chi connectivity index (χ1v) is 8.40. The van der Waals surface area contributed by atoms with Gasteiger partial charge in [-0.1, -0.05) is 0 Å². The molecule has 130 valence electrons. The van der Waals surface area contributed by atoms with Gasteiger partial charge in [0.25, 0.3) is 5.97 Å². The maximum Gasteiger partial charge on any atom is 0.300 e. The Balaban J connectivity index is 0.000000471. The Morgan fingerprint density at radius 1 is 1.46 bits per heavy atom. The molecule has 2 aromatic rings. The molecule has 2 N–H and O–H groups in total. The number of aliphatic carboxylic acids is 1. The topological polar surface area (TPSA) is 123 Å². The van der Waals surface area contributed by atoms with Crippen molar-refractivity contribution in [1.29, 1.82) is 0 Å². The lowest BCUT2D eigenvalue weighted by Crippen LogP contribution is -2.37. The summed E-state index contributed by atoms with van der Waals surface area (Å²) in [5.74, 6) is 0.214. The van der Waals surface area contributed by atoms with Gasteiger partial charge in [0.05, 0.1) is 12.5 Å². The Hall–Kier alpha value is -2.36. The molecule has 0 fully saturated rings. The van der Waals surface area contributed by atoms with Crippen molar-refractivity contribution in [2.45, 2.75) is 39.7 Å². The fourth-order valence-electron chi connectivity index (χ4n) is 2.33. The molecule has 0 spiro atoms. The number of nitrogens with one attached hydrogen (secondary N) is 1. The zero-order chi connectivity index (χ0) is 17.5. The van der Waals surface area contributed by atoms with Crippen LogP contribution in [0.1, 0.15) is 29.2 Å². The average Bonchev–Trinajstić information content (AvgIpc) is 3.14. The second-order valence-corrected chi connectivity index (χ2v) is 6.64. The summed E-state index contributed by atoms with van der Waals surface area (Å²) >= 11 is 1.57. The first-order valence-electron chi connectivity index (χ1n) is 7.58. The molecule has 24 heavy (non-hydrogen) atoms. The van der Waals surface area contributed by atoms with Gasteiger partial charge in [-0.25, -0.2) is 9.67 Å². The number of carbonyl (C=O) groups excluding carboxylic acids is 1. The lowest BCUT2D eigenvalue weighted by molar-refractivity contribution is -0.134. The molecule has 0 aromatic carbocycles. The second kappa shape index (κ2) is 8.48. The van der Waals surface area contributed by atoms with E-state index in [9.17, 15) is 4.79 Å². The Bertz CT molecular complexity index is 694. The monoisotopic (exact) mass is 352 g/mol. The smallest absolute Gasteiger partial charge is 0.300 e. The number of carbonyl (C=O) groups is 2. The highest BCUT2D eigenvalue weighted by molar-refractivity contribution is 7.11. The van der Waals surface area contributed by atoms with E-state index in [1.165, 1.54) is 0 Å². The highest BCUT2D eigenvalue weighted by Gasteiger charge is 2.25. The van der Waals surface area contributed by atoms with E-state index in [-0.39, 0.29) is 11.8 Å². The minimum Gasteiger partial charge on any atom is -0.481 e. The van der Waals surface area contributed by atoms with Gasteiger partial charge in [0.2, 0.25) is 5.91 Å². The minimum atomic E-state index is -0.833. The molecule has 1 unspecified atom stereocenters. The van der Waals surface area contributed by atoms with E-state index in [2.05, 4.69) is 25.6 Å². The molecule has 0 radical (unpaired) electrons. The number of carboxylic acids is 1. The van der Waals surface area contributed by atoms with Gasteiger partial charge < -0.3 is 10.4 Å². The van der Waals surface area contributed by atoms with Gasteiger partial charge in [0.15, 0.2) is 0 Å². The molecular weight excluding hydrogens is 332 g/mol. The zero-order valence-electron chi connectivity index (χ0n) is 13.6. The summed E-state index contributed by atoms with van der Waals surface area (Å²) in [5.41, 5.74) is 0. The van der Waals surface area contributed by atoms with E-state index in [1.54, 1.807) is 17.7 Å². The van der Waals surface area contributed by atoms with Gasteiger partial charge in [-0.15, -0.1) is 21.5 Å².